The highest BCUT2D eigenvalue weighted by molar-refractivity contribution is 6.03. The molecule has 1 saturated carbocycles. The molecule has 0 radical (unpaired) electrons. The van der Waals surface area contributed by atoms with Gasteiger partial charge in [0.15, 0.2) is 11.5 Å². The lowest BCUT2D eigenvalue weighted by molar-refractivity contribution is 0.102. The lowest BCUT2D eigenvalue weighted by Gasteiger charge is -2.05. The molecule has 0 unspecified atom stereocenters. The maximum Gasteiger partial charge on any atom is 0.276 e. The molecule has 8 heteroatoms. The van der Waals surface area contributed by atoms with Gasteiger partial charge in [-0.25, -0.2) is 14.1 Å². The number of rotatable bonds is 5. The van der Waals surface area contributed by atoms with Crippen LogP contribution in [0.2, 0.25) is 0 Å². The third-order valence-electron chi connectivity index (χ3n) is 4.74. The maximum absolute atomic E-state index is 13.4. The second-order valence-electron chi connectivity index (χ2n) is 6.98. The van der Waals surface area contributed by atoms with Gasteiger partial charge in [-0.3, -0.25) is 9.89 Å². The van der Waals surface area contributed by atoms with Gasteiger partial charge in [-0.1, -0.05) is 18.2 Å². The van der Waals surface area contributed by atoms with E-state index in [0.717, 1.165) is 24.2 Å². The first-order valence-electron chi connectivity index (χ1n) is 9.31. The summed E-state index contributed by atoms with van der Waals surface area (Å²) in [7, 11) is 0. The van der Waals surface area contributed by atoms with Gasteiger partial charge in [0.1, 0.15) is 11.6 Å². The minimum absolute atomic E-state index is 0.230. The van der Waals surface area contributed by atoms with Crippen LogP contribution in [-0.2, 0) is 0 Å². The SMILES string of the molecule is O=C(Nc1cccc(-c2n[nH]c(C3CC3)n2)c1)c1ccn(-c2cccc(F)c2)n1. The van der Waals surface area contributed by atoms with Crippen molar-refractivity contribution in [3.63, 3.8) is 0 Å². The summed E-state index contributed by atoms with van der Waals surface area (Å²) >= 11 is 0. The molecular weight excluding hydrogens is 371 g/mol. The Balaban J connectivity index is 1.33. The Bertz CT molecular complexity index is 1190. The summed E-state index contributed by atoms with van der Waals surface area (Å²) in [6.45, 7) is 0. The zero-order valence-corrected chi connectivity index (χ0v) is 15.3. The van der Waals surface area contributed by atoms with E-state index in [0.29, 0.717) is 23.1 Å². The summed E-state index contributed by atoms with van der Waals surface area (Å²) in [5.41, 5.74) is 2.21. The van der Waals surface area contributed by atoms with Gasteiger partial charge in [-0.2, -0.15) is 10.2 Å². The third-order valence-corrected chi connectivity index (χ3v) is 4.74. The third kappa shape index (κ3) is 3.64. The molecule has 29 heavy (non-hydrogen) atoms. The van der Waals surface area contributed by atoms with Gasteiger partial charge in [0, 0.05) is 23.4 Å². The highest BCUT2D eigenvalue weighted by Crippen LogP contribution is 2.38. The number of amides is 1. The Hall–Kier alpha value is -3.81. The van der Waals surface area contributed by atoms with Crippen LogP contribution in [0.4, 0.5) is 10.1 Å². The first kappa shape index (κ1) is 17.3. The number of anilines is 1. The fraction of sp³-hybridized carbons (Fsp3) is 0.143. The predicted octanol–water partition coefficient (Wildman–Crippen LogP) is 3.93. The first-order valence-corrected chi connectivity index (χ1v) is 9.31. The van der Waals surface area contributed by atoms with Crippen LogP contribution in [0.25, 0.3) is 17.1 Å². The number of aromatic nitrogens is 5. The van der Waals surface area contributed by atoms with Crippen molar-refractivity contribution in [2.75, 3.05) is 5.32 Å². The molecule has 2 heterocycles. The van der Waals surface area contributed by atoms with Crippen LogP contribution >= 0.6 is 0 Å². The molecule has 7 nitrogen and oxygen atoms in total. The summed E-state index contributed by atoms with van der Waals surface area (Å²) in [5.74, 6) is 1.30. The van der Waals surface area contributed by atoms with Crippen LogP contribution < -0.4 is 5.32 Å². The fourth-order valence-electron chi connectivity index (χ4n) is 3.08. The standard InChI is InChI=1S/C21H17FN6O/c22-15-4-2-6-17(12-15)28-10-9-18(27-28)21(29)23-16-5-1-3-14(11-16)20-24-19(25-26-20)13-7-8-13/h1-6,9-13H,7-8H2,(H,23,29)(H,24,25,26). The number of H-pyrrole nitrogens is 1. The molecule has 1 aliphatic rings. The van der Waals surface area contributed by atoms with Gasteiger partial charge in [-0.05, 0) is 49.2 Å². The maximum atomic E-state index is 13.4. The molecule has 0 aliphatic heterocycles. The largest absolute Gasteiger partial charge is 0.321 e. The second kappa shape index (κ2) is 6.97. The Labute approximate surface area is 165 Å². The van der Waals surface area contributed by atoms with Crippen LogP contribution in [0.5, 0.6) is 0 Å². The topological polar surface area (TPSA) is 88.5 Å². The van der Waals surface area contributed by atoms with E-state index in [1.807, 2.05) is 18.2 Å². The van der Waals surface area contributed by atoms with E-state index in [9.17, 15) is 9.18 Å². The van der Waals surface area contributed by atoms with Crippen molar-refractivity contribution in [2.24, 2.45) is 0 Å². The van der Waals surface area contributed by atoms with Gasteiger partial charge < -0.3 is 5.32 Å². The van der Waals surface area contributed by atoms with Crippen molar-refractivity contribution in [2.45, 2.75) is 18.8 Å². The summed E-state index contributed by atoms with van der Waals surface area (Å²) in [6.07, 6.45) is 3.91. The Morgan fingerprint density at radius 1 is 1.14 bits per heavy atom. The lowest BCUT2D eigenvalue weighted by atomic mass is 10.2. The normalized spacial score (nSPS) is 13.4. The van der Waals surface area contributed by atoms with Gasteiger partial charge in [0.2, 0.25) is 0 Å². The Kier molecular flexibility index (Phi) is 4.16. The number of carbonyl (C=O) groups excluding carboxylic acids is 1. The molecule has 1 fully saturated rings. The van der Waals surface area contributed by atoms with E-state index in [4.69, 9.17) is 0 Å². The minimum Gasteiger partial charge on any atom is -0.321 e. The van der Waals surface area contributed by atoms with E-state index in [2.05, 4.69) is 25.6 Å². The molecule has 0 bridgehead atoms. The van der Waals surface area contributed by atoms with Crippen LogP contribution in [-0.4, -0.2) is 30.9 Å². The van der Waals surface area contributed by atoms with Crippen molar-refractivity contribution in [3.05, 3.63) is 78.1 Å². The van der Waals surface area contributed by atoms with Crippen LogP contribution in [0.15, 0.2) is 60.8 Å². The molecule has 0 saturated heterocycles. The number of carbonyl (C=O) groups is 1. The van der Waals surface area contributed by atoms with Crippen molar-refractivity contribution in [1.82, 2.24) is 25.0 Å². The molecule has 5 rings (SSSR count). The van der Waals surface area contributed by atoms with E-state index >= 15 is 0 Å². The number of hydrogen-bond acceptors (Lipinski definition) is 4. The van der Waals surface area contributed by atoms with Gasteiger partial charge >= 0.3 is 0 Å². The van der Waals surface area contributed by atoms with Crippen LogP contribution in [0.3, 0.4) is 0 Å². The van der Waals surface area contributed by atoms with Crippen LogP contribution in [0, 0.1) is 5.82 Å². The van der Waals surface area contributed by atoms with E-state index in [-0.39, 0.29) is 17.4 Å². The molecule has 2 aromatic heterocycles. The molecule has 0 atom stereocenters. The van der Waals surface area contributed by atoms with E-state index in [1.165, 1.54) is 16.8 Å². The monoisotopic (exact) mass is 388 g/mol. The van der Waals surface area contributed by atoms with Gasteiger partial charge in [-0.15, -0.1) is 0 Å². The zero-order valence-electron chi connectivity index (χ0n) is 15.3. The Morgan fingerprint density at radius 3 is 2.83 bits per heavy atom. The smallest absolute Gasteiger partial charge is 0.276 e. The van der Waals surface area contributed by atoms with E-state index in [1.54, 1.807) is 30.5 Å². The van der Waals surface area contributed by atoms with Crippen molar-refractivity contribution in [3.8, 4) is 17.1 Å². The number of aromatic amines is 1. The Morgan fingerprint density at radius 2 is 2.00 bits per heavy atom. The van der Waals surface area contributed by atoms with Crippen molar-refractivity contribution < 1.29 is 9.18 Å². The minimum atomic E-state index is -0.363. The molecule has 0 spiro atoms. The molecule has 144 valence electrons. The number of hydrogen-bond donors (Lipinski definition) is 2. The average Bonchev–Trinajstić information content (AvgIpc) is 3.26. The first-order chi connectivity index (χ1) is 14.2. The molecule has 2 aromatic carbocycles. The highest BCUT2D eigenvalue weighted by atomic mass is 19.1. The van der Waals surface area contributed by atoms with Crippen molar-refractivity contribution >= 4 is 11.6 Å². The molecular formula is C21H17FN6O. The summed E-state index contributed by atoms with van der Waals surface area (Å²) in [4.78, 5) is 17.1. The number of nitrogens with one attached hydrogen (secondary N) is 2. The number of nitrogens with zero attached hydrogens (tertiary/aromatic N) is 4. The van der Waals surface area contributed by atoms with Crippen molar-refractivity contribution in [1.29, 1.82) is 0 Å². The number of halogens is 1. The summed E-state index contributed by atoms with van der Waals surface area (Å²) < 4.78 is 14.9. The molecule has 1 aliphatic carbocycles. The second-order valence-corrected chi connectivity index (χ2v) is 6.98. The van der Waals surface area contributed by atoms with Crippen LogP contribution in [0.1, 0.15) is 35.1 Å². The van der Waals surface area contributed by atoms with E-state index < -0.39 is 0 Å². The lowest BCUT2D eigenvalue weighted by Crippen LogP contribution is -2.13. The van der Waals surface area contributed by atoms with Gasteiger partial charge in [0.25, 0.3) is 5.91 Å². The predicted molar refractivity (Wildman–Crippen MR) is 105 cm³/mol. The molecule has 1 amide bonds. The zero-order chi connectivity index (χ0) is 19.8. The number of benzene rings is 2. The highest BCUT2D eigenvalue weighted by Gasteiger charge is 2.27. The average molecular weight is 388 g/mol. The van der Waals surface area contributed by atoms with Gasteiger partial charge in [0.05, 0.1) is 5.69 Å². The molecule has 2 N–H and O–H groups in total. The summed E-state index contributed by atoms with van der Waals surface area (Å²) in [6, 6.07) is 14.9. The quantitative estimate of drug-likeness (QED) is 0.542. The molecule has 4 aromatic rings. The summed E-state index contributed by atoms with van der Waals surface area (Å²) in [5, 5.41) is 14.3. The fourth-order valence-corrected chi connectivity index (χ4v) is 3.08.